The molecule has 2 aliphatic rings. The normalized spacial score (nSPS) is 19.9. The predicted molar refractivity (Wildman–Crippen MR) is 98.2 cm³/mol. The number of imide groups is 1. The molecule has 1 aromatic heterocycles. The van der Waals surface area contributed by atoms with Gasteiger partial charge in [0, 0.05) is 24.5 Å². The summed E-state index contributed by atoms with van der Waals surface area (Å²) in [5.74, 6) is 3.47. The fourth-order valence-electron chi connectivity index (χ4n) is 3.31. The van der Waals surface area contributed by atoms with Gasteiger partial charge in [0.15, 0.2) is 11.6 Å². The van der Waals surface area contributed by atoms with Gasteiger partial charge < -0.3 is 15.0 Å². The number of rotatable bonds is 3. The summed E-state index contributed by atoms with van der Waals surface area (Å²) in [6.07, 6.45) is 3.09. The van der Waals surface area contributed by atoms with Crippen LogP contribution in [0.25, 0.3) is 0 Å². The van der Waals surface area contributed by atoms with Crippen molar-refractivity contribution in [2.75, 3.05) is 13.7 Å². The van der Waals surface area contributed by atoms with Crippen LogP contribution in [-0.2, 0) is 11.3 Å². The van der Waals surface area contributed by atoms with E-state index in [0.717, 1.165) is 0 Å². The van der Waals surface area contributed by atoms with Gasteiger partial charge in [0.05, 0.1) is 19.2 Å². The number of carbonyl (C=O) groups excluding carboxylic acids is 3. The van der Waals surface area contributed by atoms with Crippen LogP contribution in [0.15, 0.2) is 36.7 Å². The molecule has 2 aromatic rings. The van der Waals surface area contributed by atoms with Crippen LogP contribution in [0, 0.1) is 17.7 Å². The van der Waals surface area contributed by atoms with Crippen LogP contribution in [0.3, 0.4) is 0 Å². The van der Waals surface area contributed by atoms with E-state index in [1.54, 1.807) is 24.4 Å². The first kappa shape index (κ1) is 18.4. The maximum absolute atomic E-state index is 14.6. The number of methoxy groups -OCH3 is 1. The number of hydrogen-bond donors (Lipinski definition) is 2. The summed E-state index contributed by atoms with van der Waals surface area (Å²) in [4.78, 5) is 42.3. The summed E-state index contributed by atoms with van der Waals surface area (Å²) in [7, 11) is 1.31. The number of fused-ring (bicyclic) bond motifs is 1. The molecule has 0 aliphatic carbocycles. The highest BCUT2D eigenvalue weighted by Gasteiger charge is 2.48. The van der Waals surface area contributed by atoms with Gasteiger partial charge in [-0.25, -0.2) is 9.18 Å². The van der Waals surface area contributed by atoms with E-state index in [-0.39, 0.29) is 24.4 Å². The van der Waals surface area contributed by atoms with Crippen molar-refractivity contribution in [1.82, 2.24) is 20.5 Å². The molecule has 0 bridgehead atoms. The number of halogens is 1. The number of carbonyl (C=O) groups is 3. The average Bonchev–Trinajstić information content (AvgIpc) is 3.17. The molecule has 1 aromatic carbocycles. The molecule has 2 N–H and O–H groups in total. The number of nitrogens with one attached hydrogen (secondary N) is 2. The zero-order valence-electron chi connectivity index (χ0n) is 15.3. The molecule has 1 fully saturated rings. The second kappa shape index (κ2) is 6.91. The van der Waals surface area contributed by atoms with E-state index < -0.39 is 29.2 Å². The number of pyridine rings is 1. The van der Waals surface area contributed by atoms with Crippen LogP contribution >= 0.6 is 0 Å². The third-order valence-electron chi connectivity index (χ3n) is 4.73. The van der Waals surface area contributed by atoms with Crippen molar-refractivity contribution in [3.63, 3.8) is 0 Å². The number of benzene rings is 1. The quantitative estimate of drug-likeness (QED) is 0.593. The third kappa shape index (κ3) is 3.14. The molecule has 8 nitrogen and oxygen atoms in total. The number of ether oxygens (including phenoxy) is 1. The van der Waals surface area contributed by atoms with Crippen LogP contribution in [0.2, 0.25) is 0 Å². The fourth-order valence-corrected chi connectivity index (χ4v) is 3.31. The minimum Gasteiger partial charge on any atom is -0.494 e. The third-order valence-corrected chi connectivity index (χ3v) is 4.73. The topological polar surface area (TPSA) is 101 Å². The minimum atomic E-state index is -1.66. The summed E-state index contributed by atoms with van der Waals surface area (Å²) in [5, 5.41) is 4.64. The number of nitrogens with zero attached hydrogens (tertiary/aromatic N) is 2. The lowest BCUT2D eigenvalue weighted by atomic mass is 9.99. The molecule has 2 aliphatic heterocycles. The summed E-state index contributed by atoms with van der Waals surface area (Å²) < 4.78 is 19.5. The molecule has 3 heterocycles. The standard InChI is InChI=1S/C20H15FN4O4/c1-29-14-5-4-13-10-25(17(26)15(13)16(14)21)11-20(18(27)23-19(28)24-20)7-6-12-3-2-8-22-9-12/h2-5,8-9H,10-11H2,1H3,(H2,23,24,27,28)/t20-/m1/s1. The van der Waals surface area contributed by atoms with Crippen molar-refractivity contribution >= 4 is 17.8 Å². The molecule has 29 heavy (non-hydrogen) atoms. The maximum Gasteiger partial charge on any atom is 0.323 e. The Morgan fingerprint density at radius 2 is 2.14 bits per heavy atom. The molecule has 1 saturated heterocycles. The minimum absolute atomic E-state index is 0.0445. The predicted octanol–water partition coefficient (Wildman–Crippen LogP) is 0.815. The van der Waals surface area contributed by atoms with Gasteiger partial charge in [0.25, 0.3) is 11.8 Å². The van der Waals surface area contributed by atoms with Crippen molar-refractivity contribution < 1.29 is 23.5 Å². The summed E-state index contributed by atoms with van der Waals surface area (Å²) in [6, 6.07) is 5.69. The Balaban J connectivity index is 1.67. The highest BCUT2D eigenvalue weighted by atomic mass is 19.1. The number of aromatic nitrogens is 1. The molecule has 4 amide bonds. The van der Waals surface area contributed by atoms with Gasteiger partial charge in [-0.05, 0) is 23.8 Å². The molecule has 0 radical (unpaired) electrons. The highest BCUT2D eigenvalue weighted by Crippen LogP contribution is 2.31. The molecule has 9 heteroatoms. The van der Waals surface area contributed by atoms with Gasteiger partial charge in [0.2, 0.25) is 5.54 Å². The SMILES string of the molecule is COc1ccc2c(c1F)C(=O)N(C[C@@]1(C#Cc3cccnc3)NC(=O)NC1=O)C2. The molecule has 0 saturated carbocycles. The molecular formula is C20H15FN4O4. The number of hydrogen-bond acceptors (Lipinski definition) is 5. The summed E-state index contributed by atoms with van der Waals surface area (Å²) in [5.41, 5.74) is -0.768. The lowest BCUT2D eigenvalue weighted by Crippen LogP contribution is -2.54. The van der Waals surface area contributed by atoms with Crippen molar-refractivity contribution in [3.05, 3.63) is 59.2 Å². The average molecular weight is 394 g/mol. The van der Waals surface area contributed by atoms with Crippen LogP contribution in [0.5, 0.6) is 5.75 Å². The van der Waals surface area contributed by atoms with E-state index in [9.17, 15) is 18.8 Å². The smallest absolute Gasteiger partial charge is 0.323 e. The Bertz CT molecular complexity index is 1090. The first-order chi connectivity index (χ1) is 13.9. The van der Waals surface area contributed by atoms with Gasteiger partial charge in [-0.3, -0.25) is 19.9 Å². The van der Waals surface area contributed by atoms with Gasteiger partial charge >= 0.3 is 6.03 Å². The van der Waals surface area contributed by atoms with Gasteiger partial charge in [-0.1, -0.05) is 17.9 Å². The van der Waals surface area contributed by atoms with Crippen LogP contribution in [-0.4, -0.2) is 46.9 Å². The molecule has 0 unspecified atom stereocenters. The zero-order valence-corrected chi connectivity index (χ0v) is 15.3. The fraction of sp³-hybridized carbons (Fsp3) is 0.200. The van der Waals surface area contributed by atoms with Crippen molar-refractivity contribution in [1.29, 1.82) is 0 Å². The monoisotopic (exact) mass is 394 g/mol. The van der Waals surface area contributed by atoms with E-state index in [0.29, 0.717) is 11.1 Å². The first-order valence-electron chi connectivity index (χ1n) is 8.65. The van der Waals surface area contributed by atoms with Crippen molar-refractivity contribution in [3.8, 4) is 17.6 Å². The van der Waals surface area contributed by atoms with E-state index >= 15 is 0 Å². The van der Waals surface area contributed by atoms with Gasteiger partial charge in [-0.15, -0.1) is 0 Å². The first-order valence-corrected chi connectivity index (χ1v) is 8.65. The molecule has 146 valence electrons. The van der Waals surface area contributed by atoms with E-state index in [1.165, 1.54) is 24.3 Å². The lowest BCUT2D eigenvalue weighted by Gasteiger charge is -2.26. The Morgan fingerprint density at radius 1 is 1.31 bits per heavy atom. The Labute approximate surface area is 165 Å². The Morgan fingerprint density at radius 3 is 2.79 bits per heavy atom. The Hall–Kier alpha value is -3.93. The lowest BCUT2D eigenvalue weighted by molar-refractivity contribution is -0.122. The number of urea groups is 1. The second-order valence-electron chi connectivity index (χ2n) is 6.58. The van der Waals surface area contributed by atoms with Crippen LogP contribution in [0.1, 0.15) is 21.5 Å². The molecular weight excluding hydrogens is 379 g/mol. The highest BCUT2D eigenvalue weighted by molar-refractivity contribution is 6.10. The second-order valence-corrected chi connectivity index (χ2v) is 6.58. The summed E-state index contributed by atoms with van der Waals surface area (Å²) in [6.45, 7) is -0.165. The molecule has 0 spiro atoms. The summed E-state index contributed by atoms with van der Waals surface area (Å²) >= 11 is 0. The molecule has 1 atom stereocenters. The number of amides is 4. The van der Waals surface area contributed by atoms with Gasteiger partial charge in [0.1, 0.15) is 0 Å². The van der Waals surface area contributed by atoms with Crippen LogP contribution in [0.4, 0.5) is 9.18 Å². The largest absolute Gasteiger partial charge is 0.494 e. The van der Waals surface area contributed by atoms with E-state index in [2.05, 4.69) is 27.5 Å². The van der Waals surface area contributed by atoms with Crippen molar-refractivity contribution in [2.45, 2.75) is 12.1 Å². The zero-order chi connectivity index (χ0) is 20.6. The molecule has 4 rings (SSSR count). The van der Waals surface area contributed by atoms with Gasteiger partial charge in [-0.2, -0.15) is 0 Å². The maximum atomic E-state index is 14.6. The van der Waals surface area contributed by atoms with Crippen molar-refractivity contribution in [2.24, 2.45) is 0 Å². The van der Waals surface area contributed by atoms with Crippen LogP contribution < -0.4 is 15.4 Å². The Kier molecular flexibility index (Phi) is 4.39. The van der Waals surface area contributed by atoms with E-state index in [4.69, 9.17) is 4.74 Å². The van der Waals surface area contributed by atoms with E-state index in [1.807, 2.05) is 0 Å².